The Morgan fingerprint density at radius 1 is 1.28 bits per heavy atom. The lowest BCUT2D eigenvalue weighted by Gasteiger charge is -2.00. The first-order chi connectivity index (χ1) is 8.79. The van der Waals surface area contributed by atoms with Crippen molar-refractivity contribution in [3.63, 3.8) is 0 Å². The topological polar surface area (TPSA) is 50.2 Å². The van der Waals surface area contributed by atoms with Gasteiger partial charge in [-0.05, 0) is 5.56 Å². The summed E-state index contributed by atoms with van der Waals surface area (Å²) in [6.45, 7) is 0. The quantitative estimate of drug-likeness (QED) is 0.719. The van der Waals surface area contributed by atoms with Gasteiger partial charge in [0.15, 0.2) is 5.65 Å². The Hall–Kier alpha value is -2.07. The Labute approximate surface area is 108 Å². The summed E-state index contributed by atoms with van der Waals surface area (Å²) in [6.07, 6.45) is 1.77. The maximum absolute atomic E-state index is 11.8. The van der Waals surface area contributed by atoms with Crippen molar-refractivity contribution in [2.24, 2.45) is 0 Å². The monoisotopic (exact) mass is 259 g/mol. The van der Waals surface area contributed by atoms with E-state index in [0.29, 0.717) is 11.3 Å². The van der Waals surface area contributed by atoms with Crippen molar-refractivity contribution < 1.29 is 0 Å². The molecule has 1 aromatic carbocycles. The summed E-state index contributed by atoms with van der Waals surface area (Å²) in [5.74, 6) is 0.227. The lowest BCUT2D eigenvalue weighted by atomic mass is 10.1. The van der Waals surface area contributed by atoms with Gasteiger partial charge in [-0.1, -0.05) is 30.3 Å². The molecule has 90 valence electrons. The number of benzene rings is 1. The van der Waals surface area contributed by atoms with Gasteiger partial charge in [0.1, 0.15) is 0 Å². The molecule has 2 heterocycles. The van der Waals surface area contributed by atoms with Gasteiger partial charge in [-0.25, -0.2) is 9.50 Å². The summed E-state index contributed by atoms with van der Waals surface area (Å²) in [6, 6.07) is 11.2. The highest BCUT2D eigenvalue weighted by atomic mass is 35.5. The zero-order valence-corrected chi connectivity index (χ0v) is 10.2. The minimum Gasteiger partial charge on any atom is -0.296 e. The van der Waals surface area contributed by atoms with E-state index in [1.54, 1.807) is 6.20 Å². The predicted octanol–water partition coefficient (Wildman–Crippen LogP) is 2.43. The summed E-state index contributed by atoms with van der Waals surface area (Å²) < 4.78 is 1.42. The van der Waals surface area contributed by atoms with Gasteiger partial charge in [-0.2, -0.15) is 0 Å². The van der Waals surface area contributed by atoms with Gasteiger partial charge in [0.05, 0.1) is 11.6 Å². The zero-order valence-electron chi connectivity index (χ0n) is 9.43. The number of fused-ring (bicyclic) bond motifs is 1. The molecule has 3 rings (SSSR count). The van der Waals surface area contributed by atoms with E-state index >= 15 is 0 Å². The van der Waals surface area contributed by atoms with Gasteiger partial charge in [-0.15, -0.1) is 11.6 Å². The molecule has 0 aliphatic carbocycles. The molecule has 3 aromatic rings. The van der Waals surface area contributed by atoms with E-state index in [-0.39, 0.29) is 11.4 Å². The van der Waals surface area contributed by atoms with Crippen molar-refractivity contribution in [3.8, 4) is 11.1 Å². The molecule has 0 saturated carbocycles. The largest absolute Gasteiger partial charge is 0.296 e. The smallest absolute Gasteiger partial charge is 0.272 e. The number of nitrogens with zero attached hydrogens (tertiary/aromatic N) is 2. The standard InChI is InChI=1S/C13H10ClN3O/c14-7-10-6-12(18)17-13(16-10)11(8-15-17)9-4-2-1-3-5-9/h1-6,8,15H,7H2. The molecule has 0 amide bonds. The molecule has 0 unspecified atom stereocenters. The second-order valence-electron chi connectivity index (χ2n) is 3.93. The first kappa shape index (κ1) is 11.0. The minimum absolute atomic E-state index is 0.155. The Kier molecular flexibility index (Phi) is 2.64. The van der Waals surface area contributed by atoms with Gasteiger partial charge in [0.2, 0.25) is 0 Å². The number of hydrogen-bond donors (Lipinski definition) is 1. The summed E-state index contributed by atoms with van der Waals surface area (Å²) in [5, 5.41) is 2.90. The van der Waals surface area contributed by atoms with Gasteiger partial charge >= 0.3 is 0 Å². The van der Waals surface area contributed by atoms with Gasteiger partial charge < -0.3 is 0 Å². The second-order valence-corrected chi connectivity index (χ2v) is 4.20. The van der Waals surface area contributed by atoms with Crippen molar-refractivity contribution in [3.05, 3.63) is 58.6 Å². The summed E-state index contributed by atoms with van der Waals surface area (Å²) >= 11 is 5.74. The fraction of sp³-hybridized carbons (Fsp3) is 0.0769. The van der Waals surface area contributed by atoms with Crippen LogP contribution in [-0.2, 0) is 5.88 Å². The number of hydrogen-bond acceptors (Lipinski definition) is 2. The molecular formula is C13H10ClN3O. The van der Waals surface area contributed by atoms with E-state index in [1.165, 1.54) is 10.6 Å². The van der Waals surface area contributed by atoms with Crippen LogP contribution in [0, 0.1) is 0 Å². The maximum Gasteiger partial charge on any atom is 0.272 e. The molecule has 2 aromatic heterocycles. The lowest BCUT2D eigenvalue weighted by molar-refractivity contribution is 0.888. The summed E-state index contributed by atoms with van der Waals surface area (Å²) in [4.78, 5) is 16.2. The average Bonchev–Trinajstić information content (AvgIpc) is 2.84. The highest BCUT2D eigenvalue weighted by Crippen LogP contribution is 2.22. The number of alkyl halides is 1. The van der Waals surface area contributed by atoms with E-state index in [9.17, 15) is 4.79 Å². The van der Waals surface area contributed by atoms with Crippen molar-refractivity contribution in [1.82, 2.24) is 14.6 Å². The molecule has 18 heavy (non-hydrogen) atoms. The third-order valence-electron chi connectivity index (χ3n) is 2.77. The molecule has 0 atom stereocenters. The maximum atomic E-state index is 11.8. The van der Waals surface area contributed by atoms with Crippen LogP contribution in [0.1, 0.15) is 5.69 Å². The van der Waals surface area contributed by atoms with Gasteiger partial charge in [0, 0.05) is 17.8 Å². The molecule has 0 radical (unpaired) electrons. The average molecular weight is 260 g/mol. The Balaban J connectivity index is 2.32. The van der Waals surface area contributed by atoms with E-state index < -0.39 is 0 Å². The van der Waals surface area contributed by atoms with E-state index in [2.05, 4.69) is 10.1 Å². The number of rotatable bonds is 2. The fourth-order valence-electron chi connectivity index (χ4n) is 1.93. The van der Waals surface area contributed by atoms with E-state index in [4.69, 9.17) is 11.6 Å². The predicted molar refractivity (Wildman–Crippen MR) is 70.8 cm³/mol. The molecule has 4 nitrogen and oxygen atoms in total. The Morgan fingerprint density at radius 2 is 2.06 bits per heavy atom. The molecule has 0 aliphatic heterocycles. The summed E-state index contributed by atoms with van der Waals surface area (Å²) in [7, 11) is 0. The normalized spacial score (nSPS) is 10.9. The van der Waals surface area contributed by atoms with Crippen LogP contribution in [0.25, 0.3) is 16.8 Å². The first-order valence-electron chi connectivity index (χ1n) is 5.51. The van der Waals surface area contributed by atoms with Gasteiger partial charge in [0.25, 0.3) is 5.56 Å². The van der Waals surface area contributed by atoms with E-state index in [0.717, 1.165) is 11.1 Å². The Bertz CT molecular complexity index is 746. The number of halogens is 1. The first-order valence-corrected chi connectivity index (χ1v) is 6.04. The number of nitrogens with one attached hydrogen (secondary N) is 1. The molecule has 0 aliphatic rings. The lowest BCUT2D eigenvalue weighted by Crippen LogP contribution is -2.15. The van der Waals surface area contributed by atoms with Gasteiger partial charge in [-0.3, -0.25) is 9.89 Å². The van der Waals surface area contributed by atoms with E-state index in [1.807, 2.05) is 30.3 Å². The van der Waals surface area contributed by atoms with Crippen LogP contribution in [-0.4, -0.2) is 14.6 Å². The van der Waals surface area contributed by atoms with Crippen LogP contribution in [0.5, 0.6) is 0 Å². The summed E-state index contributed by atoms with van der Waals surface area (Å²) in [5.41, 5.74) is 2.93. The van der Waals surface area contributed by atoms with Crippen LogP contribution in [0.3, 0.4) is 0 Å². The zero-order chi connectivity index (χ0) is 12.5. The fourth-order valence-corrected chi connectivity index (χ4v) is 2.06. The minimum atomic E-state index is -0.155. The highest BCUT2D eigenvalue weighted by molar-refractivity contribution is 6.16. The SMILES string of the molecule is O=c1cc(CCl)nc2c(-c3ccccc3)c[nH]n12. The third-order valence-corrected chi connectivity index (χ3v) is 3.05. The number of aromatic amines is 1. The molecule has 1 N–H and O–H groups in total. The van der Waals surface area contributed by atoms with Crippen LogP contribution < -0.4 is 5.56 Å². The number of aromatic nitrogens is 3. The van der Waals surface area contributed by atoms with Crippen LogP contribution in [0.15, 0.2) is 47.4 Å². The highest BCUT2D eigenvalue weighted by Gasteiger charge is 2.09. The van der Waals surface area contributed by atoms with Crippen LogP contribution >= 0.6 is 11.6 Å². The van der Waals surface area contributed by atoms with Crippen molar-refractivity contribution in [2.45, 2.75) is 5.88 Å². The molecule has 0 bridgehead atoms. The molecule has 0 fully saturated rings. The molecule has 0 saturated heterocycles. The van der Waals surface area contributed by atoms with Crippen LogP contribution in [0.2, 0.25) is 0 Å². The second kappa shape index (κ2) is 4.31. The van der Waals surface area contributed by atoms with Crippen molar-refractivity contribution >= 4 is 17.2 Å². The number of H-pyrrole nitrogens is 1. The van der Waals surface area contributed by atoms with Crippen molar-refractivity contribution in [2.75, 3.05) is 0 Å². The molecule has 0 spiro atoms. The third kappa shape index (κ3) is 1.71. The van der Waals surface area contributed by atoms with Crippen molar-refractivity contribution in [1.29, 1.82) is 0 Å². The van der Waals surface area contributed by atoms with Crippen LogP contribution in [0.4, 0.5) is 0 Å². The Morgan fingerprint density at radius 3 is 2.78 bits per heavy atom. The molecular weight excluding hydrogens is 250 g/mol. The molecule has 5 heteroatoms.